The lowest BCUT2D eigenvalue weighted by Gasteiger charge is -2.30. The number of halogens is 1. The zero-order valence-corrected chi connectivity index (χ0v) is 9.07. The van der Waals surface area contributed by atoms with Gasteiger partial charge >= 0.3 is 5.69 Å². The number of nitrogens with zero attached hydrogens (tertiary/aromatic N) is 3. The highest BCUT2D eigenvalue weighted by Crippen LogP contribution is 2.31. The van der Waals surface area contributed by atoms with Crippen molar-refractivity contribution in [1.82, 2.24) is 9.55 Å². The molecule has 5 heteroatoms. The predicted molar refractivity (Wildman–Crippen MR) is 58.5 cm³/mol. The van der Waals surface area contributed by atoms with Gasteiger partial charge in [-0.3, -0.25) is 4.57 Å². The van der Waals surface area contributed by atoms with Gasteiger partial charge in [0.25, 0.3) is 0 Å². The van der Waals surface area contributed by atoms with Crippen molar-refractivity contribution in [3.8, 4) is 0 Å². The van der Waals surface area contributed by atoms with E-state index in [9.17, 15) is 4.79 Å². The number of fused-ring (bicyclic) bond motifs is 3. The molecule has 3 heterocycles. The normalized spacial score (nSPS) is 23.8. The first kappa shape index (κ1) is 9.21. The van der Waals surface area contributed by atoms with Gasteiger partial charge in [-0.1, -0.05) is 11.6 Å². The molecule has 0 saturated carbocycles. The second-order valence-corrected chi connectivity index (χ2v) is 4.56. The standard InChI is InChI=1S/C10H12ClN3O/c11-8-5-9-13-4-2-1-3-7(13)6-14(9)10(15)12-8/h5,7H,1-4,6H2/t7-/m0/s1. The van der Waals surface area contributed by atoms with Crippen LogP contribution in [-0.4, -0.2) is 22.1 Å². The molecule has 0 bridgehead atoms. The number of rotatable bonds is 0. The Labute approximate surface area is 92.5 Å². The summed E-state index contributed by atoms with van der Waals surface area (Å²) in [6, 6.07) is 2.28. The Balaban J connectivity index is 2.12. The molecule has 1 fully saturated rings. The third kappa shape index (κ3) is 1.35. The molecule has 80 valence electrons. The zero-order chi connectivity index (χ0) is 10.4. The number of piperidine rings is 1. The summed E-state index contributed by atoms with van der Waals surface area (Å²) < 4.78 is 1.74. The smallest absolute Gasteiger partial charge is 0.350 e. The minimum atomic E-state index is -0.216. The fourth-order valence-electron chi connectivity index (χ4n) is 2.58. The first-order valence-electron chi connectivity index (χ1n) is 5.30. The molecular weight excluding hydrogens is 214 g/mol. The van der Waals surface area contributed by atoms with E-state index < -0.39 is 0 Å². The molecule has 2 aliphatic heterocycles. The zero-order valence-electron chi connectivity index (χ0n) is 8.32. The Hall–Kier alpha value is -1.03. The average molecular weight is 226 g/mol. The Kier molecular flexibility index (Phi) is 1.99. The van der Waals surface area contributed by atoms with Gasteiger partial charge in [0.05, 0.1) is 0 Å². The molecule has 0 unspecified atom stereocenters. The van der Waals surface area contributed by atoms with E-state index in [1.807, 2.05) is 0 Å². The van der Waals surface area contributed by atoms with E-state index in [1.54, 1.807) is 10.6 Å². The summed E-state index contributed by atoms with van der Waals surface area (Å²) in [6.07, 6.45) is 3.62. The van der Waals surface area contributed by atoms with E-state index >= 15 is 0 Å². The van der Waals surface area contributed by atoms with E-state index in [0.717, 1.165) is 18.9 Å². The van der Waals surface area contributed by atoms with E-state index in [0.29, 0.717) is 11.2 Å². The SMILES string of the molecule is O=c1nc(Cl)cc2n1C[C@@H]1CCCCN21. The third-order valence-corrected chi connectivity index (χ3v) is 3.47. The summed E-state index contributed by atoms with van der Waals surface area (Å²) in [5.74, 6) is 0.949. The van der Waals surface area contributed by atoms with E-state index in [-0.39, 0.29) is 5.69 Å². The first-order chi connectivity index (χ1) is 7.25. The summed E-state index contributed by atoms with van der Waals surface area (Å²) in [5.41, 5.74) is -0.216. The topological polar surface area (TPSA) is 38.1 Å². The van der Waals surface area contributed by atoms with Crippen molar-refractivity contribution in [2.75, 3.05) is 11.4 Å². The second kappa shape index (κ2) is 3.23. The molecule has 1 aromatic heterocycles. The lowest BCUT2D eigenvalue weighted by molar-refractivity contribution is 0.458. The van der Waals surface area contributed by atoms with Crippen molar-refractivity contribution in [1.29, 1.82) is 0 Å². The Morgan fingerprint density at radius 3 is 3.20 bits per heavy atom. The van der Waals surface area contributed by atoms with Crippen LogP contribution in [-0.2, 0) is 6.54 Å². The molecule has 4 nitrogen and oxygen atoms in total. The van der Waals surface area contributed by atoms with Gasteiger partial charge in [0.15, 0.2) is 0 Å². The summed E-state index contributed by atoms with van der Waals surface area (Å²) in [5, 5.41) is 0.303. The van der Waals surface area contributed by atoms with Crippen molar-refractivity contribution in [3.63, 3.8) is 0 Å². The van der Waals surface area contributed by atoms with Crippen LogP contribution in [0, 0.1) is 0 Å². The van der Waals surface area contributed by atoms with E-state index in [4.69, 9.17) is 11.6 Å². The minimum absolute atomic E-state index is 0.216. The van der Waals surface area contributed by atoms with Crippen LogP contribution >= 0.6 is 11.6 Å². The van der Waals surface area contributed by atoms with E-state index in [2.05, 4.69) is 9.88 Å². The van der Waals surface area contributed by atoms with Gasteiger partial charge in [0, 0.05) is 25.2 Å². The molecule has 1 aromatic rings. The second-order valence-electron chi connectivity index (χ2n) is 4.17. The molecule has 0 radical (unpaired) electrons. The molecule has 3 rings (SSSR count). The van der Waals surface area contributed by atoms with Gasteiger partial charge in [0.1, 0.15) is 11.0 Å². The molecule has 0 amide bonds. The highest BCUT2D eigenvalue weighted by atomic mass is 35.5. The first-order valence-corrected chi connectivity index (χ1v) is 5.67. The minimum Gasteiger partial charge on any atom is -0.353 e. The largest absolute Gasteiger partial charge is 0.353 e. The maximum atomic E-state index is 11.6. The van der Waals surface area contributed by atoms with Gasteiger partial charge in [-0.25, -0.2) is 4.79 Å². The Bertz CT molecular complexity index is 456. The summed E-state index contributed by atoms with van der Waals surface area (Å²) in [6.45, 7) is 1.81. The molecule has 0 spiro atoms. The maximum absolute atomic E-state index is 11.6. The van der Waals surface area contributed by atoms with Crippen molar-refractivity contribution < 1.29 is 0 Å². The molecule has 0 N–H and O–H groups in total. The lowest BCUT2D eigenvalue weighted by atomic mass is 10.0. The van der Waals surface area contributed by atoms with Gasteiger partial charge in [0.2, 0.25) is 0 Å². The molecule has 15 heavy (non-hydrogen) atoms. The highest BCUT2D eigenvalue weighted by molar-refractivity contribution is 6.29. The summed E-state index contributed by atoms with van der Waals surface area (Å²) in [4.78, 5) is 17.7. The molecular formula is C10H12ClN3O. The number of anilines is 1. The van der Waals surface area contributed by atoms with Crippen LogP contribution in [0.25, 0.3) is 0 Å². The Morgan fingerprint density at radius 2 is 2.33 bits per heavy atom. The maximum Gasteiger partial charge on any atom is 0.350 e. The molecule has 1 saturated heterocycles. The van der Waals surface area contributed by atoms with E-state index in [1.165, 1.54) is 19.3 Å². The number of hydrogen-bond acceptors (Lipinski definition) is 3. The summed E-state index contributed by atoms with van der Waals surface area (Å²) >= 11 is 5.81. The van der Waals surface area contributed by atoms with Crippen molar-refractivity contribution in [2.45, 2.75) is 31.8 Å². The van der Waals surface area contributed by atoms with Crippen LogP contribution in [0.1, 0.15) is 19.3 Å². The van der Waals surface area contributed by atoms with Crippen LogP contribution in [0.4, 0.5) is 5.82 Å². The van der Waals surface area contributed by atoms with Crippen LogP contribution in [0.3, 0.4) is 0 Å². The molecule has 0 aromatic carbocycles. The molecule has 1 atom stereocenters. The summed E-state index contributed by atoms with van der Waals surface area (Å²) in [7, 11) is 0. The van der Waals surface area contributed by atoms with Crippen LogP contribution in [0.15, 0.2) is 10.9 Å². The monoisotopic (exact) mass is 225 g/mol. The predicted octanol–water partition coefficient (Wildman–Crippen LogP) is 1.27. The molecule has 0 aliphatic carbocycles. The van der Waals surface area contributed by atoms with Crippen LogP contribution < -0.4 is 10.6 Å². The fourth-order valence-corrected chi connectivity index (χ4v) is 2.75. The number of aromatic nitrogens is 2. The van der Waals surface area contributed by atoms with Crippen molar-refractivity contribution in [2.24, 2.45) is 0 Å². The average Bonchev–Trinajstić information content (AvgIpc) is 2.57. The highest BCUT2D eigenvalue weighted by Gasteiger charge is 2.32. The van der Waals surface area contributed by atoms with Crippen LogP contribution in [0.2, 0.25) is 5.15 Å². The van der Waals surface area contributed by atoms with Gasteiger partial charge in [-0.05, 0) is 19.3 Å². The molecule has 2 aliphatic rings. The number of hydrogen-bond donors (Lipinski definition) is 0. The fraction of sp³-hybridized carbons (Fsp3) is 0.600. The quantitative estimate of drug-likeness (QED) is 0.624. The van der Waals surface area contributed by atoms with Gasteiger partial charge < -0.3 is 4.90 Å². The van der Waals surface area contributed by atoms with Gasteiger partial charge in [-0.15, -0.1) is 0 Å². The lowest BCUT2D eigenvalue weighted by Crippen LogP contribution is -2.36. The third-order valence-electron chi connectivity index (χ3n) is 3.27. The Morgan fingerprint density at radius 1 is 1.47 bits per heavy atom. The van der Waals surface area contributed by atoms with Crippen LogP contribution in [0.5, 0.6) is 0 Å². The van der Waals surface area contributed by atoms with Crippen molar-refractivity contribution >= 4 is 17.4 Å². The van der Waals surface area contributed by atoms with Gasteiger partial charge in [-0.2, -0.15) is 4.98 Å². The van der Waals surface area contributed by atoms with Crippen molar-refractivity contribution in [3.05, 3.63) is 21.7 Å².